The molecule has 1 N–H and O–H groups in total. The Morgan fingerprint density at radius 1 is 1.20 bits per heavy atom. The van der Waals surface area contributed by atoms with Crippen LogP contribution in [0.1, 0.15) is 37.7 Å². The first-order valence-corrected chi connectivity index (χ1v) is 8.78. The number of aromatic nitrogens is 2. The number of nitrogens with one attached hydrogen (secondary N) is 1. The minimum atomic E-state index is -0.473. The number of nitrogens with zero attached hydrogens (tertiary/aromatic N) is 4. The van der Waals surface area contributed by atoms with Gasteiger partial charge in [-0.15, -0.1) is 0 Å². The molecule has 2 fully saturated rings. The summed E-state index contributed by atoms with van der Waals surface area (Å²) >= 11 is 5.24. The first kappa shape index (κ1) is 17.5. The topological polar surface area (TPSA) is 78.4 Å². The average Bonchev–Trinajstić information content (AvgIpc) is 2.60. The van der Waals surface area contributed by atoms with Gasteiger partial charge in [0.25, 0.3) is 11.8 Å². The Morgan fingerprint density at radius 3 is 2.44 bits per heavy atom. The summed E-state index contributed by atoms with van der Waals surface area (Å²) in [6, 6.07) is 0.0603. The van der Waals surface area contributed by atoms with Crippen LogP contribution in [0.25, 0.3) is 6.08 Å². The Hall–Kier alpha value is -2.35. The highest BCUT2D eigenvalue weighted by Crippen LogP contribution is 2.26. The van der Waals surface area contributed by atoms with Gasteiger partial charge in [-0.3, -0.25) is 19.8 Å². The van der Waals surface area contributed by atoms with Gasteiger partial charge >= 0.3 is 0 Å². The highest BCUT2D eigenvalue weighted by Gasteiger charge is 2.37. The zero-order valence-electron chi connectivity index (χ0n) is 14.4. The molecule has 7 nitrogen and oxygen atoms in total. The molecule has 2 amide bonds. The maximum atomic E-state index is 12.9. The van der Waals surface area contributed by atoms with Crippen LogP contribution in [0.3, 0.4) is 0 Å². The molecule has 0 unspecified atom stereocenters. The zero-order valence-corrected chi connectivity index (χ0v) is 15.2. The molecule has 2 heterocycles. The van der Waals surface area contributed by atoms with Crippen LogP contribution in [0.5, 0.6) is 0 Å². The second-order valence-electron chi connectivity index (χ2n) is 6.50. The molecule has 8 heteroatoms. The molecule has 1 saturated heterocycles. The number of thiocarbonyl (C=S) groups is 1. The van der Waals surface area contributed by atoms with Gasteiger partial charge in [-0.25, -0.2) is 9.97 Å². The Labute approximate surface area is 152 Å². The molecule has 3 rings (SSSR count). The average molecular weight is 359 g/mol. The number of rotatable bonds is 3. The molecule has 0 atom stereocenters. The van der Waals surface area contributed by atoms with Crippen molar-refractivity contribution in [3.8, 4) is 0 Å². The molecule has 1 aliphatic carbocycles. The van der Waals surface area contributed by atoms with Crippen molar-refractivity contribution >= 4 is 41.2 Å². The van der Waals surface area contributed by atoms with Crippen LogP contribution in [0, 0.1) is 0 Å². The lowest BCUT2D eigenvalue weighted by Crippen LogP contribution is -2.57. The normalized spacial score (nSPS) is 20.8. The SMILES string of the molecule is CN(C)c1ncc(C=C2C(=O)NC(=S)N(C3CCCCC3)C2=O)cn1. The van der Waals surface area contributed by atoms with Crippen LogP contribution in [-0.2, 0) is 9.59 Å². The van der Waals surface area contributed by atoms with Gasteiger partial charge in [0.2, 0.25) is 5.95 Å². The predicted octanol–water partition coefficient (Wildman–Crippen LogP) is 1.50. The van der Waals surface area contributed by atoms with Gasteiger partial charge in [-0.2, -0.15) is 0 Å². The van der Waals surface area contributed by atoms with Crippen molar-refractivity contribution < 1.29 is 9.59 Å². The number of carbonyl (C=O) groups excluding carboxylic acids is 2. The Kier molecular flexibility index (Phi) is 5.08. The lowest BCUT2D eigenvalue weighted by molar-refractivity contribution is -0.130. The molecule has 0 aromatic carbocycles. The van der Waals surface area contributed by atoms with Crippen molar-refractivity contribution in [2.75, 3.05) is 19.0 Å². The summed E-state index contributed by atoms with van der Waals surface area (Å²) in [7, 11) is 3.68. The molecule has 1 aliphatic heterocycles. The molecule has 1 saturated carbocycles. The van der Waals surface area contributed by atoms with Crippen LogP contribution in [0.4, 0.5) is 5.95 Å². The minimum absolute atomic E-state index is 0.0603. The van der Waals surface area contributed by atoms with E-state index in [1.165, 1.54) is 12.5 Å². The number of anilines is 1. The van der Waals surface area contributed by atoms with Crippen molar-refractivity contribution in [2.24, 2.45) is 0 Å². The largest absolute Gasteiger partial charge is 0.347 e. The van der Waals surface area contributed by atoms with Gasteiger partial charge in [0.05, 0.1) is 0 Å². The maximum Gasteiger partial charge on any atom is 0.265 e. The predicted molar refractivity (Wildman–Crippen MR) is 98.8 cm³/mol. The van der Waals surface area contributed by atoms with E-state index in [4.69, 9.17) is 12.2 Å². The second-order valence-corrected chi connectivity index (χ2v) is 6.88. The lowest BCUT2D eigenvalue weighted by atomic mass is 9.93. The summed E-state index contributed by atoms with van der Waals surface area (Å²) in [4.78, 5) is 36.9. The van der Waals surface area contributed by atoms with Crippen LogP contribution in [0.2, 0.25) is 0 Å². The third-order valence-electron chi connectivity index (χ3n) is 4.44. The first-order valence-electron chi connectivity index (χ1n) is 8.37. The van der Waals surface area contributed by atoms with Gasteiger partial charge in [0.15, 0.2) is 5.11 Å². The molecule has 2 aliphatic rings. The fraction of sp³-hybridized carbons (Fsp3) is 0.471. The van der Waals surface area contributed by atoms with Crippen molar-refractivity contribution in [1.29, 1.82) is 0 Å². The third-order valence-corrected chi connectivity index (χ3v) is 4.74. The Balaban J connectivity index is 1.87. The summed E-state index contributed by atoms with van der Waals surface area (Å²) in [5.41, 5.74) is 0.667. The fourth-order valence-corrected chi connectivity index (χ4v) is 3.47. The smallest absolute Gasteiger partial charge is 0.265 e. The van der Waals surface area contributed by atoms with Crippen molar-refractivity contribution in [2.45, 2.75) is 38.1 Å². The van der Waals surface area contributed by atoms with E-state index < -0.39 is 5.91 Å². The summed E-state index contributed by atoms with van der Waals surface area (Å²) in [5.74, 6) is -0.248. The second kappa shape index (κ2) is 7.26. The fourth-order valence-electron chi connectivity index (χ4n) is 3.15. The number of carbonyl (C=O) groups is 2. The molecule has 132 valence electrons. The molecule has 0 spiro atoms. The lowest BCUT2D eigenvalue weighted by Gasteiger charge is -2.37. The van der Waals surface area contributed by atoms with E-state index in [2.05, 4.69) is 15.3 Å². The molecule has 1 aromatic heterocycles. The summed E-state index contributed by atoms with van der Waals surface area (Å²) in [6.45, 7) is 0. The van der Waals surface area contributed by atoms with Gasteiger partial charge in [0, 0.05) is 38.1 Å². The quantitative estimate of drug-likeness (QED) is 0.501. The van der Waals surface area contributed by atoms with E-state index in [0.717, 1.165) is 25.7 Å². The molecule has 0 bridgehead atoms. The highest BCUT2D eigenvalue weighted by molar-refractivity contribution is 7.80. The van der Waals surface area contributed by atoms with Crippen LogP contribution >= 0.6 is 12.2 Å². The van der Waals surface area contributed by atoms with E-state index in [-0.39, 0.29) is 22.6 Å². The van der Waals surface area contributed by atoms with Gasteiger partial charge < -0.3 is 4.90 Å². The Bertz CT molecular complexity index is 723. The van der Waals surface area contributed by atoms with Gasteiger partial charge in [-0.1, -0.05) is 19.3 Å². The van der Waals surface area contributed by atoms with Crippen LogP contribution in [-0.4, -0.2) is 51.9 Å². The molecule has 25 heavy (non-hydrogen) atoms. The number of amides is 2. The summed E-state index contributed by atoms with van der Waals surface area (Å²) < 4.78 is 0. The Morgan fingerprint density at radius 2 is 1.84 bits per heavy atom. The summed E-state index contributed by atoms with van der Waals surface area (Å²) in [6.07, 6.45) is 9.85. The zero-order chi connectivity index (χ0) is 18.0. The molecular weight excluding hydrogens is 338 g/mol. The molecule has 0 radical (unpaired) electrons. The van der Waals surface area contributed by atoms with Crippen molar-refractivity contribution in [3.05, 3.63) is 23.5 Å². The highest BCUT2D eigenvalue weighted by atomic mass is 32.1. The molecule has 1 aromatic rings. The van der Waals surface area contributed by atoms with E-state index in [0.29, 0.717) is 11.5 Å². The minimum Gasteiger partial charge on any atom is -0.347 e. The first-order chi connectivity index (χ1) is 12.0. The molecular formula is C17H21N5O2S. The van der Waals surface area contributed by atoms with Crippen LogP contribution in [0.15, 0.2) is 18.0 Å². The number of hydrogen-bond acceptors (Lipinski definition) is 6. The van der Waals surface area contributed by atoms with E-state index in [1.807, 2.05) is 14.1 Å². The van der Waals surface area contributed by atoms with Crippen molar-refractivity contribution in [3.63, 3.8) is 0 Å². The van der Waals surface area contributed by atoms with Crippen molar-refractivity contribution in [1.82, 2.24) is 20.2 Å². The maximum absolute atomic E-state index is 12.9. The summed E-state index contributed by atoms with van der Waals surface area (Å²) in [5, 5.41) is 2.84. The van der Waals surface area contributed by atoms with E-state index in [1.54, 1.807) is 22.2 Å². The van der Waals surface area contributed by atoms with E-state index in [9.17, 15) is 9.59 Å². The van der Waals surface area contributed by atoms with Gasteiger partial charge in [0.1, 0.15) is 5.57 Å². The monoisotopic (exact) mass is 359 g/mol. The third kappa shape index (κ3) is 3.68. The van der Waals surface area contributed by atoms with E-state index >= 15 is 0 Å². The van der Waals surface area contributed by atoms with Crippen LogP contribution < -0.4 is 10.2 Å². The standard InChI is InChI=1S/C17H21N5O2S/c1-21(2)16-18-9-11(10-19-16)8-13-14(23)20-17(25)22(15(13)24)12-6-4-3-5-7-12/h8-10,12H,3-7H2,1-2H3,(H,20,23,25). The number of hydrogen-bond donors (Lipinski definition) is 1. The van der Waals surface area contributed by atoms with Gasteiger partial charge in [-0.05, 0) is 31.1 Å².